The number of nitrogens with zero attached hydrogens (tertiary/aromatic N) is 1. The number of carbonyl (C=O) groups is 2. The van der Waals surface area contributed by atoms with Gasteiger partial charge in [0.25, 0.3) is 0 Å². The number of carboxylic acid groups (broad SMARTS) is 1. The fourth-order valence-electron chi connectivity index (χ4n) is 4.53. The van der Waals surface area contributed by atoms with Crippen molar-refractivity contribution in [1.82, 2.24) is 4.57 Å². The summed E-state index contributed by atoms with van der Waals surface area (Å²) in [6.07, 6.45) is 6.28. The maximum absolute atomic E-state index is 13.3. The molecule has 176 valence electrons. The zero-order chi connectivity index (χ0) is 24.0. The summed E-state index contributed by atoms with van der Waals surface area (Å²) in [5, 5.41) is 11.3. The Hall–Kier alpha value is -2.30. The monoisotopic (exact) mass is 487 g/mol. The van der Waals surface area contributed by atoms with Gasteiger partial charge in [0.05, 0.1) is 0 Å². The molecule has 0 aliphatic carbocycles. The van der Waals surface area contributed by atoms with Crippen molar-refractivity contribution in [3.05, 3.63) is 69.3 Å². The molecule has 6 heteroatoms. The quantitative estimate of drug-likeness (QED) is 0.212. The second kappa shape index (κ2) is 11.7. The van der Waals surface area contributed by atoms with Crippen LogP contribution in [0, 0.1) is 5.92 Å². The molecule has 0 bridgehead atoms. The van der Waals surface area contributed by atoms with Crippen LogP contribution in [0.15, 0.2) is 42.5 Å². The van der Waals surface area contributed by atoms with Gasteiger partial charge in [-0.05, 0) is 67.5 Å². The molecule has 3 aromatic rings. The van der Waals surface area contributed by atoms with E-state index < -0.39 is 5.97 Å². The number of ketones is 1. The number of fused-ring (bicyclic) bond motifs is 1. The highest BCUT2D eigenvalue weighted by atomic mass is 35.5. The Bertz CT molecular complexity index is 1140. The molecule has 1 atom stereocenters. The standard InChI is InChI=1S/C27H31Cl2NO3/c1-18(15-26(32)33)14-25(31)27-22-17-21(29)12-13-23(22)30(2)24(27)11-6-4-3-5-8-19-9-7-10-20(28)16-19/h7,9-10,12-13,16-18H,3-6,8,11,14-15H2,1-2H3,(H,32,33)/t18-/m1/s1. The second-order valence-corrected chi connectivity index (χ2v) is 9.79. The van der Waals surface area contributed by atoms with Crippen molar-refractivity contribution >= 4 is 45.9 Å². The number of aromatic nitrogens is 1. The topological polar surface area (TPSA) is 59.3 Å². The third kappa shape index (κ3) is 6.84. The van der Waals surface area contributed by atoms with Crippen LogP contribution >= 0.6 is 23.2 Å². The molecule has 0 amide bonds. The molecule has 1 N–H and O–H groups in total. The minimum Gasteiger partial charge on any atom is -0.481 e. The minimum absolute atomic E-state index is 0.00688. The van der Waals surface area contributed by atoms with Crippen LogP contribution in [0.1, 0.15) is 67.1 Å². The maximum Gasteiger partial charge on any atom is 0.303 e. The third-order valence-electron chi connectivity index (χ3n) is 6.14. The number of carbonyl (C=O) groups excluding carboxylic acids is 1. The zero-order valence-electron chi connectivity index (χ0n) is 19.2. The first-order chi connectivity index (χ1) is 15.8. The summed E-state index contributed by atoms with van der Waals surface area (Å²) in [5.74, 6) is -1.11. The van der Waals surface area contributed by atoms with Gasteiger partial charge in [0.1, 0.15) is 0 Å². The van der Waals surface area contributed by atoms with Crippen molar-refractivity contribution in [1.29, 1.82) is 0 Å². The van der Waals surface area contributed by atoms with E-state index in [-0.39, 0.29) is 24.5 Å². The van der Waals surface area contributed by atoms with Crippen LogP contribution in [-0.4, -0.2) is 21.4 Å². The molecule has 0 aliphatic rings. The summed E-state index contributed by atoms with van der Waals surface area (Å²) in [5.41, 5.74) is 3.95. The van der Waals surface area contributed by atoms with Gasteiger partial charge in [-0.1, -0.05) is 55.1 Å². The smallest absolute Gasteiger partial charge is 0.303 e. The molecule has 4 nitrogen and oxygen atoms in total. The summed E-state index contributed by atoms with van der Waals surface area (Å²) in [6.45, 7) is 1.81. The Morgan fingerprint density at radius 3 is 2.33 bits per heavy atom. The molecule has 0 radical (unpaired) electrons. The minimum atomic E-state index is -0.880. The van der Waals surface area contributed by atoms with Gasteiger partial charge in [-0.25, -0.2) is 0 Å². The van der Waals surface area contributed by atoms with Crippen molar-refractivity contribution in [2.45, 2.75) is 58.3 Å². The lowest BCUT2D eigenvalue weighted by Crippen LogP contribution is -2.12. The molecule has 0 unspecified atom stereocenters. The molecular formula is C27H31Cl2NO3. The van der Waals surface area contributed by atoms with E-state index in [4.69, 9.17) is 28.3 Å². The van der Waals surface area contributed by atoms with Crippen LogP contribution in [0.2, 0.25) is 10.0 Å². The fourth-order valence-corrected chi connectivity index (χ4v) is 4.91. The number of hydrogen-bond donors (Lipinski definition) is 1. The fraction of sp³-hybridized carbons (Fsp3) is 0.407. The van der Waals surface area contributed by atoms with Crippen molar-refractivity contribution in [2.75, 3.05) is 0 Å². The summed E-state index contributed by atoms with van der Waals surface area (Å²) < 4.78 is 2.09. The molecule has 1 heterocycles. The maximum atomic E-state index is 13.3. The number of aliphatic carboxylic acids is 1. The lowest BCUT2D eigenvalue weighted by molar-refractivity contribution is -0.137. The number of carboxylic acids is 1. The van der Waals surface area contributed by atoms with Crippen LogP contribution in [-0.2, 0) is 24.7 Å². The van der Waals surface area contributed by atoms with E-state index in [0.717, 1.165) is 60.1 Å². The normalized spacial score (nSPS) is 12.2. The summed E-state index contributed by atoms with van der Waals surface area (Å²) in [4.78, 5) is 24.3. The van der Waals surface area contributed by atoms with E-state index in [9.17, 15) is 9.59 Å². The Kier molecular flexibility index (Phi) is 8.99. The average Bonchev–Trinajstić information content (AvgIpc) is 3.01. The van der Waals surface area contributed by atoms with Crippen LogP contribution < -0.4 is 0 Å². The molecule has 0 aliphatic heterocycles. The van der Waals surface area contributed by atoms with Crippen molar-refractivity contribution in [2.24, 2.45) is 13.0 Å². The van der Waals surface area contributed by atoms with E-state index in [1.165, 1.54) is 5.56 Å². The van der Waals surface area contributed by atoms with Crippen LogP contribution in [0.25, 0.3) is 10.9 Å². The van der Waals surface area contributed by atoms with Crippen molar-refractivity contribution < 1.29 is 14.7 Å². The van der Waals surface area contributed by atoms with Gasteiger partial charge < -0.3 is 9.67 Å². The molecule has 33 heavy (non-hydrogen) atoms. The van der Waals surface area contributed by atoms with Gasteiger partial charge in [0.15, 0.2) is 5.78 Å². The largest absolute Gasteiger partial charge is 0.481 e. The molecule has 2 aromatic carbocycles. The summed E-state index contributed by atoms with van der Waals surface area (Å²) >= 11 is 12.3. The Labute approximate surface area is 205 Å². The number of rotatable bonds is 12. The molecule has 0 spiro atoms. The van der Waals surface area contributed by atoms with Gasteiger partial charge in [-0.2, -0.15) is 0 Å². The highest BCUT2D eigenvalue weighted by Crippen LogP contribution is 2.31. The van der Waals surface area contributed by atoms with E-state index in [0.29, 0.717) is 10.6 Å². The number of Topliss-reactive ketones (excluding diaryl/α,β-unsaturated/α-hetero) is 1. The summed E-state index contributed by atoms with van der Waals surface area (Å²) in [6, 6.07) is 13.6. The molecule has 3 rings (SSSR count). The first kappa shape index (κ1) is 25.3. The van der Waals surface area contributed by atoms with Gasteiger partial charge in [-0.15, -0.1) is 0 Å². The number of benzene rings is 2. The van der Waals surface area contributed by atoms with E-state index >= 15 is 0 Å². The molecule has 0 saturated carbocycles. The predicted molar refractivity (Wildman–Crippen MR) is 136 cm³/mol. The number of halogens is 2. The molecule has 0 fully saturated rings. The lowest BCUT2D eigenvalue weighted by atomic mass is 9.94. The Balaban J connectivity index is 1.68. The van der Waals surface area contributed by atoms with Crippen LogP contribution in [0.3, 0.4) is 0 Å². The van der Waals surface area contributed by atoms with Gasteiger partial charge in [-0.3, -0.25) is 9.59 Å². The highest BCUT2D eigenvalue weighted by Gasteiger charge is 2.23. The first-order valence-electron chi connectivity index (χ1n) is 11.5. The van der Waals surface area contributed by atoms with Gasteiger partial charge in [0.2, 0.25) is 0 Å². The first-order valence-corrected chi connectivity index (χ1v) is 12.3. The average molecular weight is 488 g/mol. The van der Waals surface area contributed by atoms with Crippen molar-refractivity contribution in [3.8, 4) is 0 Å². The van der Waals surface area contributed by atoms with Gasteiger partial charge >= 0.3 is 5.97 Å². The van der Waals surface area contributed by atoms with Crippen LogP contribution in [0.5, 0.6) is 0 Å². The predicted octanol–water partition coefficient (Wildman–Crippen LogP) is 7.51. The molecular weight excluding hydrogens is 457 g/mol. The Morgan fingerprint density at radius 2 is 1.64 bits per heavy atom. The zero-order valence-corrected chi connectivity index (χ0v) is 20.8. The third-order valence-corrected chi connectivity index (χ3v) is 6.61. The van der Waals surface area contributed by atoms with Gasteiger partial charge in [0, 0.05) is 52.1 Å². The molecule has 0 saturated heterocycles. The van der Waals surface area contributed by atoms with Crippen molar-refractivity contribution in [3.63, 3.8) is 0 Å². The molecule has 1 aromatic heterocycles. The number of aryl methyl sites for hydroxylation is 2. The van der Waals surface area contributed by atoms with Crippen LogP contribution in [0.4, 0.5) is 0 Å². The number of hydrogen-bond acceptors (Lipinski definition) is 2. The SMILES string of the molecule is C[C@@H](CC(=O)O)CC(=O)c1c(CCCCCCc2cccc(Cl)c2)n(C)c2ccc(Cl)cc12. The number of unbranched alkanes of at least 4 members (excludes halogenated alkanes) is 3. The summed E-state index contributed by atoms with van der Waals surface area (Å²) in [7, 11) is 1.99. The van der Waals surface area contributed by atoms with E-state index in [1.54, 1.807) is 0 Å². The second-order valence-electron chi connectivity index (χ2n) is 8.92. The van der Waals surface area contributed by atoms with E-state index in [2.05, 4.69) is 10.6 Å². The highest BCUT2D eigenvalue weighted by molar-refractivity contribution is 6.31. The Morgan fingerprint density at radius 1 is 0.939 bits per heavy atom. The van der Waals surface area contributed by atoms with E-state index in [1.807, 2.05) is 50.4 Å². The lowest BCUT2D eigenvalue weighted by Gasteiger charge is -2.11.